The standard InChI is InChI=1S/C24H18N4O5/c1-13-4-2-6-17-20(13)33-24(26-17)25-11-3-5-14-7-8-15-16(12-14)23(32)28(22(15)31)18-9-10-19(29)27-21(18)30/h2,4,6-8,12,18H,9-11H2,1H3,(H,25,26)(H,27,29,30). The van der Waals surface area contributed by atoms with E-state index in [0.717, 1.165) is 21.6 Å². The largest absolute Gasteiger partial charge is 0.423 e. The summed E-state index contributed by atoms with van der Waals surface area (Å²) in [7, 11) is 0. The second-order valence-corrected chi connectivity index (χ2v) is 7.81. The first-order chi connectivity index (χ1) is 15.9. The van der Waals surface area contributed by atoms with Crippen molar-refractivity contribution in [2.75, 3.05) is 11.9 Å². The van der Waals surface area contributed by atoms with Crippen LogP contribution in [0.3, 0.4) is 0 Å². The molecular formula is C24H18N4O5. The third-order valence-electron chi connectivity index (χ3n) is 5.61. The van der Waals surface area contributed by atoms with Crippen LogP contribution in [0.4, 0.5) is 6.01 Å². The first-order valence-electron chi connectivity index (χ1n) is 10.4. The average Bonchev–Trinajstić information content (AvgIpc) is 3.32. The van der Waals surface area contributed by atoms with E-state index in [-0.39, 0.29) is 30.5 Å². The van der Waals surface area contributed by atoms with E-state index in [2.05, 4.69) is 27.5 Å². The molecule has 0 aliphatic carbocycles. The van der Waals surface area contributed by atoms with Gasteiger partial charge in [0, 0.05) is 12.0 Å². The number of benzene rings is 2. The van der Waals surface area contributed by atoms with Crippen molar-refractivity contribution in [1.82, 2.24) is 15.2 Å². The van der Waals surface area contributed by atoms with Gasteiger partial charge in [0.25, 0.3) is 17.8 Å². The maximum Gasteiger partial charge on any atom is 0.296 e. The fraction of sp³-hybridized carbons (Fsp3) is 0.208. The molecule has 1 saturated heterocycles. The van der Waals surface area contributed by atoms with Crippen LogP contribution in [0.25, 0.3) is 11.1 Å². The van der Waals surface area contributed by atoms with Gasteiger partial charge in [-0.2, -0.15) is 4.98 Å². The third kappa shape index (κ3) is 3.61. The highest BCUT2D eigenvalue weighted by atomic mass is 16.4. The lowest BCUT2D eigenvalue weighted by Crippen LogP contribution is -2.54. The lowest BCUT2D eigenvalue weighted by molar-refractivity contribution is -0.136. The summed E-state index contributed by atoms with van der Waals surface area (Å²) in [5, 5.41) is 5.18. The molecule has 3 heterocycles. The van der Waals surface area contributed by atoms with Crippen molar-refractivity contribution in [3.8, 4) is 11.8 Å². The Labute approximate surface area is 188 Å². The minimum atomic E-state index is -0.992. The van der Waals surface area contributed by atoms with Crippen molar-refractivity contribution < 1.29 is 23.6 Å². The first-order valence-corrected chi connectivity index (χ1v) is 10.4. The SMILES string of the molecule is Cc1cccc2nc(NCC#Cc3ccc4c(c3)C(=O)N(C3CCC(=O)NC3=O)C4=O)oc12. The molecule has 5 rings (SSSR count). The highest BCUT2D eigenvalue weighted by Crippen LogP contribution is 2.28. The summed E-state index contributed by atoms with van der Waals surface area (Å²) in [6.07, 6.45) is 0.191. The topological polar surface area (TPSA) is 122 Å². The number of piperidine rings is 1. The van der Waals surface area contributed by atoms with Gasteiger partial charge < -0.3 is 9.73 Å². The molecular weight excluding hydrogens is 424 g/mol. The number of carbonyl (C=O) groups excluding carboxylic acids is 4. The number of aryl methyl sites for hydroxylation is 1. The normalized spacial score (nSPS) is 17.6. The Bertz CT molecular complexity index is 1410. The number of nitrogens with zero attached hydrogens (tertiary/aromatic N) is 2. The molecule has 4 amide bonds. The van der Waals surface area contributed by atoms with E-state index < -0.39 is 29.7 Å². The van der Waals surface area contributed by atoms with Crippen LogP contribution >= 0.6 is 0 Å². The smallest absolute Gasteiger partial charge is 0.296 e. The quantitative estimate of drug-likeness (QED) is 0.470. The molecule has 1 aromatic heterocycles. The van der Waals surface area contributed by atoms with Gasteiger partial charge in [-0.25, -0.2) is 0 Å². The van der Waals surface area contributed by atoms with Crippen LogP contribution in [0.2, 0.25) is 0 Å². The molecule has 33 heavy (non-hydrogen) atoms. The zero-order valence-electron chi connectivity index (χ0n) is 17.6. The van der Waals surface area contributed by atoms with Crippen LogP contribution in [-0.4, -0.2) is 46.1 Å². The number of oxazole rings is 1. The molecule has 2 N–H and O–H groups in total. The average molecular weight is 442 g/mol. The van der Waals surface area contributed by atoms with Gasteiger partial charge in [0.05, 0.1) is 17.7 Å². The van der Waals surface area contributed by atoms with Crippen molar-refractivity contribution in [2.24, 2.45) is 0 Å². The molecule has 2 aliphatic heterocycles. The predicted molar refractivity (Wildman–Crippen MR) is 117 cm³/mol. The molecule has 9 heteroatoms. The fourth-order valence-electron chi connectivity index (χ4n) is 3.98. The Morgan fingerprint density at radius 3 is 2.76 bits per heavy atom. The lowest BCUT2D eigenvalue weighted by atomic mass is 10.0. The van der Waals surface area contributed by atoms with Gasteiger partial charge in [0.1, 0.15) is 11.6 Å². The second-order valence-electron chi connectivity index (χ2n) is 7.81. The third-order valence-corrected chi connectivity index (χ3v) is 5.61. The van der Waals surface area contributed by atoms with E-state index >= 15 is 0 Å². The summed E-state index contributed by atoms with van der Waals surface area (Å²) >= 11 is 0. The second kappa shape index (κ2) is 7.91. The molecule has 3 aromatic rings. The van der Waals surface area contributed by atoms with Crippen LogP contribution in [0, 0.1) is 18.8 Å². The maximum atomic E-state index is 12.9. The number of fused-ring (bicyclic) bond motifs is 2. The van der Waals surface area contributed by atoms with E-state index in [4.69, 9.17) is 4.42 Å². The van der Waals surface area contributed by atoms with E-state index in [1.807, 2.05) is 25.1 Å². The molecule has 1 fully saturated rings. The van der Waals surface area contributed by atoms with E-state index in [1.165, 1.54) is 12.1 Å². The van der Waals surface area contributed by atoms with Crippen LogP contribution in [0.1, 0.15) is 44.7 Å². The molecule has 2 aromatic carbocycles. The summed E-state index contributed by atoms with van der Waals surface area (Å²) in [5.41, 5.74) is 3.43. The Morgan fingerprint density at radius 1 is 1.15 bits per heavy atom. The predicted octanol–water partition coefficient (Wildman–Crippen LogP) is 2.00. The van der Waals surface area contributed by atoms with Crippen LogP contribution < -0.4 is 10.6 Å². The summed E-state index contributed by atoms with van der Waals surface area (Å²) in [5.74, 6) is 3.73. The number of aromatic nitrogens is 1. The number of rotatable bonds is 3. The first kappa shape index (κ1) is 20.5. The van der Waals surface area contributed by atoms with Gasteiger partial charge in [-0.15, -0.1) is 0 Å². The fourth-order valence-corrected chi connectivity index (χ4v) is 3.98. The van der Waals surface area contributed by atoms with Crippen molar-refractivity contribution in [3.05, 3.63) is 58.7 Å². The zero-order valence-corrected chi connectivity index (χ0v) is 17.6. The summed E-state index contributed by atoms with van der Waals surface area (Å²) < 4.78 is 5.69. The lowest BCUT2D eigenvalue weighted by Gasteiger charge is -2.27. The molecule has 9 nitrogen and oxygen atoms in total. The van der Waals surface area contributed by atoms with Crippen molar-refractivity contribution in [1.29, 1.82) is 0 Å². The Kier molecular flexibility index (Phi) is 4.90. The number of carbonyl (C=O) groups is 4. The van der Waals surface area contributed by atoms with E-state index in [0.29, 0.717) is 11.6 Å². The molecule has 1 unspecified atom stereocenters. The Morgan fingerprint density at radius 2 is 1.97 bits per heavy atom. The molecule has 0 spiro atoms. The molecule has 164 valence electrons. The van der Waals surface area contributed by atoms with Gasteiger partial charge in [0.2, 0.25) is 11.8 Å². The number of amides is 4. The van der Waals surface area contributed by atoms with Crippen LogP contribution in [0.5, 0.6) is 0 Å². The minimum absolute atomic E-state index is 0.0766. The monoisotopic (exact) mass is 442 g/mol. The van der Waals surface area contributed by atoms with Crippen molar-refractivity contribution in [2.45, 2.75) is 25.8 Å². The van der Waals surface area contributed by atoms with Gasteiger partial charge >= 0.3 is 0 Å². The van der Waals surface area contributed by atoms with Crippen LogP contribution in [-0.2, 0) is 9.59 Å². The van der Waals surface area contributed by atoms with Gasteiger partial charge in [-0.1, -0.05) is 24.0 Å². The number of anilines is 1. The number of hydrogen-bond donors (Lipinski definition) is 2. The van der Waals surface area contributed by atoms with Crippen molar-refractivity contribution in [3.63, 3.8) is 0 Å². The van der Waals surface area contributed by atoms with E-state index in [9.17, 15) is 19.2 Å². The zero-order chi connectivity index (χ0) is 23.1. The number of imide groups is 2. The molecule has 0 radical (unpaired) electrons. The summed E-state index contributed by atoms with van der Waals surface area (Å²) in [4.78, 5) is 54.4. The van der Waals surface area contributed by atoms with Gasteiger partial charge in [0.15, 0.2) is 5.58 Å². The number of nitrogens with one attached hydrogen (secondary N) is 2. The Balaban J connectivity index is 1.30. The highest BCUT2D eigenvalue weighted by molar-refractivity contribution is 6.23. The van der Waals surface area contributed by atoms with Crippen LogP contribution in [0.15, 0.2) is 40.8 Å². The maximum absolute atomic E-state index is 12.9. The molecule has 0 saturated carbocycles. The number of hydrogen-bond acceptors (Lipinski definition) is 7. The van der Waals surface area contributed by atoms with Gasteiger partial charge in [-0.05, 0) is 43.2 Å². The minimum Gasteiger partial charge on any atom is -0.423 e. The Hall–Kier alpha value is -4.45. The summed E-state index contributed by atoms with van der Waals surface area (Å²) in [6, 6.07) is 9.80. The van der Waals surface area contributed by atoms with Gasteiger partial charge in [-0.3, -0.25) is 29.4 Å². The number of para-hydroxylation sites is 1. The molecule has 1 atom stereocenters. The molecule has 2 aliphatic rings. The van der Waals surface area contributed by atoms with E-state index in [1.54, 1.807) is 6.07 Å². The summed E-state index contributed by atoms with van der Waals surface area (Å²) in [6.45, 7) is 2.20. The highest BCUT2D eigenvalue weighted by Gasteiger charge is 2.44. The van der Waals surface area contributed by atoms with Crippen molar-refractivity contribution >= 4 is 40.7 Å². The molecule has 0 bridgehead atoms.